The standard InChI is InChI=1S/C33H36FN3O2S/c1-23-17-24(2)21-36(20-23)16-6-15-35-32(38)27-11-14-30-29(19-27)37(22-26-9-12-28(34)13-10-26)33(39)31(40-30)18-25-7-4-3-5-8-25/h3-5,7-14,18-19,23-24H,6,15-17,20-22H2,1-2H3,(H,35,38). The molecule has 1 fully saturated rings. The van der Waals surface area contributed by atoms with Crippen molar-refractivity contribution in [2.45, 2.75) is 38.1 Å². The van der Waals surface area contributed by atoms with Crippen LogP contribution in [0.3, 0.4) is 0 Å². The highest BCUT2D eigenvalue weighted by atomic mass is 32.2. The molecule has 0 saturated carbocycles. The maximum atomic E-state index is 13.7. The van der Waals surface area contributed by atoms with Crippen LogP contribution in [0.1, 0.15) is 48.2 Å². The van der Waals surface area contributed by atoms with Crippen LogP contribution in [0.25, 0.3) is 6.08 Å². The Morgan fingerprint density at radius 1 is 1.02 bits per heavy atom. The second-order valence-corrected chi connectivity index (χ2v) is 12.1. The third-order valence-corrected chi connectivity index (χ3v) is 8.50. The molecule has 5 nitrogen and oxygen atoms in total. The first-order valence-corrected chi connectivity index (χ1v) is 14.8. The quantitative estimate of drug-likeness (QED) is 0.250. The van der Waals surface area contributed by atoms with Crippen LogP contribution >= 0.6 is 11.8 Å². The van der Waals surface area contributed by atoms with Crippen molar-refractivity contribution in [2.24, 2.45) is 11.8 Å². The summed E-state index contributed by atoms with van der Waals surface area (Å²) in [4.78, 5) is 32.5. The summed E-state index contributed by atoms with van der Waals surface area (Å²) in [5.41, 5.74) is 2.95. The van der Waals surface area contributed by atoms with Crippen molar-refractivity contribution in [3.05, 3.63) is 100 Å². The molecule has 2 aliphatic rings. The topological polar surface area (TPSA) is 52.7 Å². The number of amides is 2. The Kier molecular flexibility index (Phi) is 9.02. The number of anilines is 1. The number of carbonyl (C=O) groups is 2. The van der Waals surface area contributed by atoms with Gasteiger partial charge in [0.2, 0.25) is 0 Å². The highest BCUT2D eigenvalue weighted by Gasteiger charge is 2.30. The van der Waals surface area contributed by atoms with Crippen molar-refractivity contribution in [1.82, 2.24) is 10.2 Å². The van der Waals surface area contributed by atoms with Gasteiger partial charge in [-0.05, 0) is 78.8 Å². The number of rotatable bonds is 8. The Morgan fingerprint density at radius 3 is 2.48 bits per heavy atom. The van der Waals surface area contributed by atoms with Crippen molar-refractivity contribution in [3.8, 4) is 0 Å². The molecule has 0 aromatic heterocycles. The number of benzene rings is 3. The molecule has 2 amide bonds. The largest absolute Gasteiger partial charge is 0.352 e. The summed E-state index contributed by atoms with van der Waals surface area (Å²) >= 11 is 1.41. The smallest absolute Gasteiger partial charge is 0.265 e. The summed E-state index contributed by atoms with van der Waals surface area (Å²) < 4.78 is 13.6. The zero-order valence-electron chi connectivity index (χ0n) is 23.1. The number of fused-ring (bicyclic) bond motifs is 1. The zero-order chi connectivity index (χ0) is 28.1. The van der Waals surface area contributed by atoms with Crippen molar-refractivity contribution < 1.29 is 14.0 Å². The number of likely N-dealkylation sites (tertiary alicyclic amines) is 1. The Bertz CT molecular complexity index is 1370. The summed E-state index contributed by atoms with van der Waals surface area (Å²) in [6, 6.07) is 21.4. The fourth-order valence-electron chi connectivity index (χ4n) is 5.66. The molecule has 2 unspecified atom stereocenters. The van der Waals surface area contributed by atoms with Gasteiger partial charge in [0.05, 0.1) is 17.1 Å². The fraction of sp³-hybridized carbons (Fsp3) is 0.333. The minimum atomic E-state index is -0.322. The summed E-state index contributed by atoms with van der Waals surface area (Å²) in [6.45, 7) is 8.72. The van der Waals surface area contributed by atoms with Gasteiger partial charge in [0.25, 0.3) is 11.8 Å². The van der Waals surface area contributed by atoms with Crippen LogP contribution in [0.15, 0.2) is 82.6 Å². The highest BCUT2D eigenvalue weighted by Crippen LogP contribution is 2.43. The third kappa shape index (κ3) is 7.01. The van der Waals surface area contributed by atoms with E-state index < -0.39 is 0 Å². The lowest BCUT2D eigenvalue weighted by Gasteiger charge is -2.34. The molecule has 0 aliphatic carbocycles. The second kappa shape index (κ2) is 12.8. The van der Waals surface area contributed by atoms with Gasteiger partial charge in [0, 0.05) is 30.1 Å². The van der Waals surface area contributed by atoms with Gasteiger partial charge in [-0.3, -0.25) is 9.59 Å². The van der Waals surface area contributed by atoms with E-state index in [-0.39, 0.29) is 24.2 Å². The van der Waals surface area contributed by atoms with Gasteiger partial charge in [-0.15, -0.1) is 0 Å². The van der Waals surface area contributed by atoms with Crippen molar-refractivity contribution in [2.75, 3.05) is 31.1 Å². The molecule has 7 heteroatoms. The van der Waals surface area contributed by atoms with Crippen molar-refractivity contribution >= 4 is 35.3 Å². The normalized spacial score (nSPS) is 20.4. The van der Waals surface area contributed by atoms with E-state index in [9.17, 15) is 14.0 Å². The van der Waals surface area contributed by atoms with Crippen LogP contribution in [0.5, 0.6) is 0 Å². The molecule has 3 aromatic rings. The fourth-order valence-corrected chi connectivity index (χ4v) is 6.70. The first-order valence-electron chi connectivity index (χ1n) is 14.0. The van der Waals surface area contributed by atoms with Crippen LogP contribution in [-0.4, -0.2) is 42.9 Å². The first kappa shape index (κ1) is 28.1. The SMILES string of the molecule is CC1CC(C)CN(CCCNC(=O)c2ccc3c(c2)N(Cc2ccc(F)cc2)C(=O)C(=Cc2ccccc2)S3)C1. The number of carbonyl (C=O) groups excluding carboxylic acids is 2. The number of thioether (sulfide) groups is 1. The average molecular weight is 558 g/mol. The Balaban J connectivity index is 1.32. The van der Waals surface area contributed by atoms with Gasteiger partial charge in [0.15, 0.2) is 0 Å². The molecule has 40 heavy (non-hydrogen) atoms. The number of nitrogens with zero attached hydrogens (tertiary/aromatic N) is 2. The third-order valence-electron chi connectivity index (χ3n) is 7.42. The number of piperidine rings is 1. The van der Waals surface area contributed by atoms with Crippen LogP contribution in [0.2, 0.25) is 0 Å². The average Bonchev–Trinajstić information content (AvgIpc) is 2.94. The first-order chi connectivity index (χ1) is 19.4. The van der Waals surface area contributed by atoms with Crippen LogP contribution in [0, 0.1) is 17.7 Å². The molecule has 208 valence electrons. The summed E-state index contributed by atoms with van der Waals surface area (Å²) in [6.07, 6.45) is 4.07. The van der Waals surface area contributed by atoms with Crippen LogP contribution < -0.4 is 10.2 Å². The zero-order valence-corrected chi connectivity index (χ0v) is 23.9. The second-order valence-electron chi connectivity index (χ2n) is 11.0. The molecule has 1 N–H and O–H groups in total. The van der Waals surface area contributed by atoms with E-state index in [0.717, 1.165) is 53.9 Å². The summed E-state index contributed by atoms with van der Waals surface area (Å²) in [7, 11) is 0. The molecular weight excluding hydrogens is 521 g/mol. The van der Waals surface area contributed by atoms with E-state index in [0.29, 0.717) is 22.7 Å². The molecule has 0 bridgehead atoms. The van der Waals surface area contributed by atoms with E-state index in [4.69, 9.17) is 0 Å². The van der Waals surface area contributed by atoms with Gasteiger partial charge in [-0.1, -0.05) is 68.1 Å². The Hall–Kier alpha value is -3.42. The molecule has 0 radical (unpaired) electrons. The van der Waals surface area contributed by atoms with Gasteiger partial charge in [0.1, 0.15) is 5.82 Å². The minimum Gasteiger partial charge on any atom is -0.352 e. The predicted molar refractivity (Wildman–Crippen MR) is 161 cm³/mol. The molecule has 1 saturated heterocycles. The molecule has 3 aromatic carbocycles. The molecule has 2 heterocycles. The maximum absolute atomic E-state index is 13.7. The number of nitrogens with one attached hydrogen (secondary N) is 1. The number of hydrogen-bond acceptors (Lipinski definition) is 4. The van der Waals surface area contributed by atoms with Gasteiger partial charge in [-0.2, -0.15) is 0 Å². The Morgan fingerprint density at radius 2 is 1.75 bits per heavy atom. The molecule has 0 spiro atoms. The van der Waals surface area contributed by atoms with Gasteiger partial charge >= 0.3 is 0 Å². The number of halogens is 1. The van der Waals surface area contributed by atoms with E-state index in [1.807, 2.05) is 48.5 Å². The van der Waals surface area contributed by atoms with E-state index in [2.05, 4.69) is 24.1 Å². The molecule has 2 atom stereocenters. The lowest BCUT2D eigenvalue weighted by molar-refractivity contribution is -0.114. The van der Waals surface area contributed by atoms with E-state index >= 15 is 0 Å². The van der Waals surface area contributed by atoms with Gasteiger partial charge in [-0.25, -0.2) is 4.39 Å². The van der Waals surface area contributed by atoms with Gasteiger partial charge < -0.3 is 15.1 Å². The summed E-state index contributed by atoms with van der Waals surface area (Å²) in [5, 5.41) is 3.06. The number of hydrogen-bond donors (Lipinski definition) is 1. The molecule has 5 rings (SSSR count). The van der Waals surface area contributed by atoms with E-state index in [1.54, 1.807) is 23.1 Å². The molecule has 2 aliphatic heterocycles. The maximum Gasteiger partial charge on any atom is 0.265 e. The monoisotopic (exact) mass is 557 g/mol. The van der Waals surface area contributed by atoms with Crippen molar-refractivity contribution in [3.63, 3.8) is 0 Å². The Labute approximate surface area is 240 Å². The summed E-state index contributed by atoms with van der Waals surface area (Å²) in [5.74, 6) is 0.824. The highest BCUT2D eigenvalue weighted by molar-refractivity contribution is 8.04. The lowest BCUT2D eigenvalue weighted by atomic mass is 9.92. The van der Waals surface area contributed by atoms with Crippen molar-refractivity contribution in [1.29, 1.82) is 0 Å². The lowest BCUT2D eigenvalue weighted by Crippen LogP contribution is -2.40. The van der Waals surface area contributed by atoms with Crippen LogP contribution in [-0.2, 0) is 11.3 Å². The predicted octanol–water partition coefficient (Wildman–Crippen LogP) is 6.60. The minimum absolute atomic E-state index is 0.145. The van der Waals surface area contributed by atoms with Crippen LogP contribution in [0.4, 0.5) is 10.1 Å². The molecular formula is C33H36FN3O2S. The van der Waals surface area contributed by atoms with E-state index in [1.165, 1.54) is 30.3 Å².